The van der Waals surface area contributed by atoms with Gasteiger partial charge in [0.2, 0.25) is 0 Å². The molecule has 6 heteroatoms. The van der Waals surface area contributed by atoms with E-state index in [9.17, 15) is 0 Å². The summed E-state index contributed by atoms with van der Waals surface area (Å²) in [5.74, 6) is 0. The number of aryl methyl sites for hydroxylation is 1. The van der Waals surface area contributed by atoms with Gasteiger partial charge in [0, 0.05) is 63.6 Å². The summed E-state index contributed by atoms with van der Waals surface area (Å²) in [6.45, 7) is 0.885. The first-order valence-corrected chi connectivity index (χ1v) is 9.86. The van der Waals surface area contributed by atoms with Crippen molar-refractivity contribution < 1.29 is 0 Å². The minimum Gasteiger partial charge on any atom is -0.346 e. The maximum Gasteiger partial charge on any atom is 0.125 e. The highest BCUT2D eigenvalue weighted by atomic mass is 32.1. The first kappa shape index (κ1) is 15.6. The number of fused-ring (bicyclic) bond motifs is 1. The predicted molar refractivity (Wildman–Crippen MR) is 106 cm³/mol. The molecule has 0 amide bonds. The molecular formula is C18H15N3S3. The van der Waals surface area contributed by atoms with Gasteiger partial charge in [-0.3, -0.25) is 0 Å². The quantitative estimate of drug-likeness (QED) is 0.436. The van der Waals surface area contributed by atoms with Crippen LogP contribution in [0, 0.1) is 0 Å². The molecule has 1 aromatic carbocycles. The van der Waals surface area contributed by atoms with Crippen LogP contribution in [-0.4, -0.2) is 19.4 Å². The lowest BCUT2D eigenvalue weighted by atomic mass is 10.2. The molecule has 0 bridgehead atoms. The Labute approximate surface area is 153 Å². The molecule has 4 aromatic rings. The number of rotatable bonds is 6. The summed E-state index contributed by atoms with van der Waals surface area (Å²) in [6.07, 6.45) is 7.57. The summed E-state index contributed by atoms with van der Waals surface area (Å²) in [5, 5.41) is 7.43. The first-order chi connectivity index (χ1) is 11.8. The second-order valence-corrected chi connectivity index (χ2v) is 7.93. The molecule has 0 spiro atoms. The normalized spacial score (nSPS) is 11.2. The fourth-order valence-electron chi connectivity index (χ4n) is 2.80. The SMILES string of the molecule is S=C(CCn1cc(-c2nccs2)c2ccccc21)Cc1nccs1. The molecule has 3 heterocycles. The van der Waals surface area contributed by atoms with Crippen LogP contribution in [0.5, 0.6) is 0 Å². The van der Waals surface area contributed by atoms with Crippen molar-refractivity contribution in [1.82, 2.24) is 14.5 Å². The van der Waals surface area contributed by atoms with Gasteiger partial charge in [0.25, 0.3) is 0 Å². The van der Waals surface area contributed by atoms with E-state index >= 15 is 0 Å². The van der Waals surface area contributed by atoms with Crippen molar-refractivity contribution in [3.8, 4) is 10.6 Å². The number of hydrogen-bond acceptors (Lipinski definition) is 5. The molecule has 0 aliphatic heterocycles. The average molecular weight is 370 g/mol. The molecule has 0 aliphatic rings. The van der Waals surface area contributed by atoms with Crippen LogP contribution in [0.4, 0.5) is 0 Å². The topological polar surface area (TPSA) is 30.7 Å². The van der Waals surface area contributed by atoms with Crippen molar-refractivity contribution in [2.24, 2.45) is 0 Å². The zero-order chi connectivity index (χ0) is 16.4. The van der Waals surface area contributed by atoms with Crippen molar-refractivity contribution in [1.29, 1.82) is 0 Å². The molecule has 0 N–H and O–H groups in total. The third-order valence-corrected chi connectivity index (χ3v) is 5.85. The maximum absolute atomic E-state index is 5.55. The van der Waals surface area contributed by atoms with E-state index in [1.54, 1.807) is 22.7 Å². The summed E-state index contributed by atoms with van der Waals surface area (Å²) >= 11 is 8.89. The summed E-state index contributed by atoms with van der Waals surface area (Å²) in [6, 6.07) is 8.49. The van der Waals surface area contributed by atoms with E-state index in [0.717, 1.165) is 34.3 Å². The number of hydrogen-bond donors (Lipinski definition) is 0. The van der Waals surface area contributed by atoms with Crippen molar-refractivity contribution in [3.05, 3.63) is 58.6 Å². The molecule has 0 fully saturated rings. The van der Waals surface area contributed by atoms with Crippen LogP contribution in [0.3, 0.4) is 0 Å². The van der Waals surface area contributed by atoms with Gasteiger partial charge >= 0.3 is 0 Å². The Morgan fingerprint density at radius 2 is 1.92 bits per heavy atom. The van der Waals surface area contributed by atoms with E-state index in [1.165, 1.54) is 16.5 Å². The highest BCUT2D eigenvalue weighted by molar-refractivity contribution is 7.80. The summed E-state index contributed by atoms with van der Waals surface area (Å²) in [5.41, 5.74) is 2.44. The number of nitrogens with zero attached hydrogens (tertiary/aromatic N) is 3. The Morgan fingerprint density at radius 3 is 2.71 bits per heavy atom. The van der Waals surface area contributed by atoms with E-state index in [0.29, 0.717) is 0 Å². The van der Waals surface area contributed by atoms with Crippen molar-refractivity contribution >= 4 is 50.7 Å². The fraction of sp³-hybridized carbons (Fsp3) is 0.167. The minimum atomic E-state index is 0.797. The van der Waals surface area contributed by atoms with Crippen LogP contribution >= 0.6 is 34.9 Å². The molecule has 0 radical (unpaired) electrons. The van der Waals surface area contributed by atoms with Crippen LogP contribution in [0.2, 0.25) is 0 Å². The van der Waals surface area contributed by atoms with Crippen LogP contribution in [0.25, 0.3) is 21.5 Å². The second-order valence-electron chi connectivity index (χ2n) is 5.48. The van der Waals surface area contributed by atoms with Gasteiger partial charge in [0.15, 0.2) is 0 Å². The molecular weight excluding hydrogens is 354 g/mol. The van der Waals surface area contributed by atoms with E-state index in [2.05, 4.69) is 45.0 Å². The highest BCUT2D eigenvalue weighted by Crippen LogP contribution is 2.32. The average Bonchev–Trinajstić information content (AvgIpc) is 3.33. The van der Waals surface area contributed by atoms with Crippen LogP contribution in [0.1, 0.15) is 11.4 Å². The number of para-hydroxylation sites is 1. The molecule has 3 nitrogen and oxygen atoms in total. The molecule has 0 atom stereocenters. The number of thiocarbonyl (C=S) groups is 1. The van der Waals surface area contributed by atoms with Crippen molar-refractivity contribution in [2.45, 2.75) is 19.4 Å². The van der Waals surface area contributed by atoms with Gasteiger partial charge in [-0.15, -0.1) is 22.7 Å². The molecule has 0 unspecified atom stereocenters. The number of benzene rings is 1. The lowest BCUT2D eigenvalue weighted by molar-refractivity contribution is 0.756. The van der Waals surface area contributed by atoms with Gasteiger partial charge < -0.3 is 4.57 Å². The lowest BCUT2D eigenvalue weighted by Crippen LogP contribution is -2.05. The van der Waals surface area contributed by atoms with Gasteiger partial charge in [0.05, 0.1) is 5.01 Å². The zero-order valence-corrected chi connectivity index (χ0v) is 15.3. The standard InChI is InChI=1S/C18H15N3S3/c22-13(11-17-19-6-9-23-17)5-8-21-12-15(18-20-7-10-24-18)14-3-1-2-4-16(14)21/h1-4,6-7,9-10,12H,5,8,11H2. The predicted octanol–water partition coefficient (Wildman–Crippen LogP) is 5.22. The molecule has 3 aromatic heterocycles. The van der Waals surface area contributed by atoms with Gasteiger partial charge in [-0.05, 0) is 12.5 Å². The van der Waals surface area contributed by atoms with Gasteiger partial charge in [-0.2, -0.15) is 0 Å². The Morgan fingerprint density at radius 1 is 1.08 bits per heavy atom. The minimum absolute atomic E-state index is 0.797. The number of thiazole rings is 2. The van der Waals surface area contributed by atoms with Crippen LogP contribution < -0.4 is 0 Å². The smallest absolute Gasteiger partial charge is 0.125 e. The third kappa shape index (κ3) is 3.17. The van der Waals surface area contributed by atoms with E-state index in [1.807, 2.05) is 23.2 Å². The van der Waals surface area contributed by atoms with Gasteiger partial charge in [-0.1, -0.05) is 30.4 Å². The summed E-state index contributed by atoms with van der Waals surface area (Å²) in [4.78, 5) is 9.84. The second kappa shape index (κ2) is 6.93. The third-order valence-electron chi connectivity index (χ3n) is 3.91. The Hall–Kier alpha value is -1.89. The molecule has 4 rings (SSSR count). The van der Waals surface area contributed by atoms with E-state index in [4.69, 9.17) is 12.2 Å². The monoisotopic (exact) mass is 369 g/mol. The van der Waals surface area contributed by atoms with Crippen LogP contribution in [-0.2, 0) is 13.0 Å². The van der Waals surface area contributed by atoms with Crippen LogP contribution in [0.15, 0.2) is 53.6 Å². The summed E-state index contributed by atoms with van der Waals surface area (Å²) < 4.78 is 2.29. The molecule has 24 heavy (non-hydrogen) atoms. The van der Waals surface area contributed by atoms with Crippen molar-refractivity contribution in [3.63, 3.8) is 0 Å². The summed E-state index contributed by atoms with van der Waals surface area (Å²) in [7, 11) is 0. The zero-order valence-electron chi connectivity index (χ0n) is 12.9. The number of aromatic nitrogens is 3. The Kier molecular flexibility index (Phi) is 4.51. The van der Waals surface area contributed by atoms with Gasteiger partial charge in [-0.25, -0.2) is 9.97 Å². The molecule has 0 saturated heterocycles. The molecule has 120 valence electrons. The molecule has 0 aliphatic carbocycles. The van der Waals surface area contributed by atoms with Crippen molar-refractivity contribution in [2.75, 3.05) is 0 Å². The first-order valence-electron chi connectivity index (χ1n) is 7.69. The lowest BCUT2D eigenvalue weighted by Gasteiger charge is -2.06. The highest BCUT2D eigenvalue weighted by Gasteiger charge is 2.12. The van der Waals surface area contributed by atoms with E-state index in [-0.39, 0.29) is 0 Å². The largest absolute Gasteiger partial charge is 0.346 e. The van der Waals surface area contributed by atoms with Gasteiger partial charge in [0.1, 0.15) is 5.01 Å². The fourth-order valence-corrected chi connectivity index (χ4v) is 4.44. The Bertz CT molecular complexity index is 953. The maximum atomic E-state index is 5.55. The molecule has 0 saturated carbocycles. The Balaban J connectivity index is 1.57. The van der Waals surface area contributed by atoms with E-state index < -0.39 is 0 Å².